The molecule has 0 amide bonds. The van der Waals surface area contributed by atoms with Crippen molar-refractivity contribution in [1.82, 2.24) is 24.9 Å². The van der Waals surface area contributed by atoms with Gasteiger partial charge in [-0.05, 0) is 49.4 Å². The van der Waals surface area contributed by atoms with Gasteiger partial charge in [0.15, 0.2) is 0 Å². The SMILES string of the molecule is CCCC12NC=CC=C1C(c1ccnc(Nc3ccc(C)c(S(=O)(=O)N4CCOCC4)c3)n1)=CN2. The molecule has 5 rings (SSSR count). The summed E-state index contributed by atoms with van der Waals surface area (Å²) in [6.45, 7) is 5.48. The van der Waals surface area contributed by atoms with Crippen molar-refractivity contribution >= 4 is 27.2 Å². The monoisotopic (exact) mass is 494 g/mol. The molecule has 1 unspecified atom stereocenters. The van der Waals surface area contributed by atoms with E-state index < -0.39 is 10.0 Å². The molecule has 10 heteroatoms. The van der Waals surface area contributed by atoms with Crippen LogP contribution >= 0.6 is 0 Å². The van der Waals surface area contributed by atoms with Crippen LogP contribution in [0.3, 0.4) is 0 Å². The fourth-order valence-electron chi connectivity index (χ4n) is 4.71. The summed E-state index contributed by atoms with van der Waals surface area (Å²) in [5.74, 6) is 0.398. The molecule has 0 spiro atoms. The summed E-state index contributed by atoms with van der Waals surface area (Å²) in [4.78, 5) is 9.39. The number of nitrogens with zero attached hydrogens (tertiary/aromatic N) is 3. The number of aryl methyl sites for hydroxylation is 1. The summed E-state index contributed by atoms with van der Waals surface area (Å²) in [5.41, 5.74) is 3.90. The molecule has 9 nitrogen and oxygen atoms in total. The van der Waals surface area contributed by atoms with Gasteiger partial charge < -0.3 is 20.7 Å². The van der Waals surface area contributed by atoms with Crippen LogP contribution in [0.2, 0.25) is 0 Å². The number of anilines is 2. The largest absolute Gasteiger partial charge is 0.379 e. The van der Waals surface area contributed by atoms with E-state index in [1.807, 2.05) is 30.6 Å². The number of rotatable bonds is 7. The Kier molecular flexibility index (Phi) is 6.35. The molecule has 35 heavy (non-hydrogen) atoms. The number of morpholine rings is 1. The average Bonchev–Trinajstić information content (AvgIpc) is 3.25. The number of sulfonamides is 1. The number of ether oxygens (including phenoxy) is 1. The fraction of sp³-hybridized carbons (Fsp3) is 0.360. The lowest BCUT2D eigenvalue weighted by Crippen LogP contribution is -2.52. The van der Waals surface area contributed by atoms with E-state index in [-0.39, 0.29) is 10.6 Å². The fourth-order valence-corrected chi connectivity index (χ4v) is 6.37. The molecule has 0 radical (unpaired) electrons. The number of allylic oxidation sites excluding steroid dienone is 2. The third-order valence-electron chi connectivity index (χ3n) is 6.49. The second-order valence-electron chi connectivity index (χ2n) is 8.83. The number of hydrogen-bond donors (Lipinski definition) is 3. The molecule has 3 aliphatic rings. The third-order valence-corrected chi connectivity index (χ3v) is 8.53. The van der Waals surface area contributed by atoms with Crippen LogP contribution in [0.4, 0.5) is 11.6 Å². The first kappa shape index (κ1) is 23.5. The van der Waals surface area contributed by atoms with Crippen LogP contribution in [0.1, 0.15) is 31.0 Å². The van der Waals surface area contributed by atoms with E-state index in [1.54, 1.807) is 25.3 Å². The molecular weight excluding hydrogens is 464 g/mol. The molecule has 2 aromatic rings. The summed E-state index contributed by atoms with van der Waals surface area (Å²) in [5, 5.41) is 10.2. The van der Waals surface area contributed by atoms with Crippen LogP contribution in [0.25, 0.3) is 5.57 Å². The van der Waals surface area contributed by atoms with Gasteiger partial charge in [-0.1, -0.05) is 25.5 Å². The van der Waals surface area contributed by atoms with E-state index in [1.165, 1.54) is 4.31 Å². The Morgan fingerprint density at radius 1 is 1.20 bits per heavy atom. The summed E-state index contributed by atoms with van der Waals surface area (Å²) >= 11 is 0. The molecule has 3 aliphatic heterocycles. The van der Waals surface area contributed by atoms with Gasteiger partial charge in [-0.3, -0.25) is 0 Å². The predicted octanol–water partition coefficient (Wildman–Crippen LogP) is 3.03. The van der Waals surface area contributed by atoms with E-state index in [2.05, 4.69) is 33.9 Å². The predicted molar refractivity (Wildman–Crippen MR) is 135 cm³/mol. The molecular formula is C25H30N6O3S. The summed E-state index contributed by atoms with van der Waals surface area (Å²) < 4.78 is 33.3. The summed E-state index contributed by atoms with van der Waals surface area (Å²) in [7, 11) is -3.62. The maximum Gasteiger partial charge on any atom is 0.243 e. The second kappa shape index (κ2) is 9.44. The molecule has 1 saturated heterocycles. The first-order chi connectivity index (χ1) is 16.9. The highest BCUT2D eigenvalue weighted by Gasteiger charge is 2.39. The molecule has 0 saturated carbocycles. The lowest BCUT2D eigenvalue weighted by molar-refractivity contribution is 0.0730. The van der Waals surface area contributed by atoms with Crippen molar-refractivity contribution < 1.29 is 13.2 Å². The van der Waals surface area contributed by atoms with Gasteiger partial charge in [0, 0.05) is 42.3 Å². The minimum Gasteiger partial charge on any atom is -0.379 e. The van der Waals surface area contributed by atoms with E-state index in [9.17, 15) is 8.42 Å². The molecule has 4 heterocycles. The standard InChI is InChI=1S/C25H30N6O3S/c1-3-9-25-21(5-4-10-27-25)20(17-28-25)22-8-11-26-24(30-22)29-19-7-6-18(2)23(16-19)35(32,33)31-12-14-34-15-13-31/h4-8,10-11,16-17,27-28H,3,9,12-15H2,1-2H3,(H,26,29,30). The zero-order valence-electron chi connectivity index (χ0n) is 19.9. The van der Waals surface area contributed by atoms with Crippen molar-refractivity contribution in [1.29, 1.82) is 0 Å². The first-order valence-electron chi connectivity index (χ1n) is 11.9. The van der Waals surface area contributed by atoms with Crippen molar-refractivity contribution in [2.75, 3.05) is 31.6 Å². The number of benzene rings is 1. The van der Waals surface area contributed by atoms with Crippen molar-refractivity contribution in [3.63, 3.8) is 0 Å². The van der Waals surface area contributed by atoms with Crippen molar-refractivity contribution in [3.05, 3.63) is 71.8 Å². The highest BCUT2D eigenvalue weighted by molar-refractivity contribution is 7.89. The molecule has 3 N–H and O–H groups in total. The molecule has 0 aliphatic carbocycles. The van der Waals surface area contributed by atoms with E-state index in [0.29, 0.717) is 43.5 Å². The molecule has 1 atom stereocenters. The van der Waals surface area contributed by atoms with Gasteiger partial charge in [-0.25, -0.2) is 18.4 Å². The Morgan fingerprint density at radius 2 is 2.03 bits per heavy atom. The highest BCUT2D eigenvalue weighted by atomic mass is 32.2. The lowest BCUT2D eigenvalue weighted by Gasteiger charge is -2.34. The molecule has 0 bridgehead atoms. The topological polar surface area (TPSA) is 108 Å². The molecule has 1 aromatic carbocycles. The number of aromatic nitrogens is 2. The van der Waals surface area contributed by atoms with Crippen LogP contribution in [0, 0.1) is 6.92 Å². The smallest absolute Gasteiger partial charge is 0.243 e. The maximum atomic E-state index is 13.2. The quantitative estimate of drug-likeness (QED) is 0.539. The summed E-state index contributed by atoms with van der Waals surface area (Å²) in [6, 6.07) is 7.16. The normalized spacial score (nSPS) is 22.0. The van der Waals surface area contributed by atoms with Gasteiger partial charge >= 0.3 is 0 Å². The first-order valence-corrected chi connectivity index (χ1v) is 13.3. The minimum atomic E-state index is -3.62. The van der Waals surface area contributed by atoms with Gasteiger partial charge in [0.05, 0.1) is 23.8 Å². The van der Waals surface area contributed by atoms with Crippen LogP contribution in [0.15, 0.2) is 65.5 Å². The number of dihydropyridines is 1. The molecule has 1 aromatic heterocycles. The second-order valence-corrected chi connectivity index (χ2v) is 10.7. The maximum absolute atomic E-state index is 13.2. The molecule has 184 valence electrons. The van der Waals surface area contributed by atoms with Gasteiger partial charge in [0.1, 0.15) is 5.66 Å². The number of fused-ring (bicyclic) bond motifs is 1. The van der Waals surface area contributed by atoms with Crippen molar-refractivity contribution in [3.8, 4) is 0 Å². The highest BCUT2D eigenvalue weighted by Crippen LogP contribution is 2.38. The number of nitrogens with one attached hydrogen (secondary N) is 3. The summed E-state index contributed by atoms with van der Waals surface area (Å²) in [6.07, 6.45) is 11.7. The van der Waals surface area contributed by atoms with Crippen LogP contribution in [0.5, 0.6) is 0 Å². The van der Waals surface area contributed by atoms with E-state index in [0.717, 1.165) is 29.7 Å². The molecule has 1 fully saturated rings. The van der Waals surface area contributed by atoms with Gasteiger partial charge in [0.2, 0.25) is 16.0 Å². The van der Waals surface area contributed by atoms with Gasteiger partial charge in [0.25, 0.3) is 0 Å². The van der Waals surface area contributed by atoms with Crippen molar-refractivity contribution in [2.45, 2.75) is 37.2 Å². The van der Waals surface area contributed by atoms with Crippen LogP contribution in [-0.2, 0) is 14.8 Å². The average molecular weight is 495 g/mol. The Bertz CT molecular complexity index is 1310. The van der Waals surface area contributed by atoms with Gasteiger partial charge in [-0.2, -0.15) is 4.31 Å². The Morgan fingerprint density at radius 3 is 2.83 bits per heavy atom. The zero-order valence-corrected chi connectivity index (χ0v) is 20.7. The Balaban J connectivity index is 1.40. The van der Waals surface area contributed by atoms with Crippen molar-refractivity contribution in [2.24, 2.45) is 0 Å². The van der Waals surface area contributed by atoms with Gasteiger partial charge in [-0.15, -0.1) is 0 Å². The minimum absolute atomic E-state index is 0.276. The van der Waals surface area contributed by atoms with E-state index >= 15 is 0 Å². The lowest BCUT2D eigenvalue weighted by atomic mass is 9.89. The zero-order chi connectivity index (χ0) is 24.5. The van der Waals surface area contributed by atoms with Crippen LogP contribution < -0.4 is 16.0 Å². The van der Waals surface area contributed by atoms with E-state index in [4.69, 9.17) is 9.72 Å². The number of hydrogen-bond acceptors (Lipinski definition) is 8. The Hall–Kier alpha value is -3.21. The third kappa shape index (κ3) is 4.44. The van der Waals surface area contributed by atoms with Crippen LogP contribution in [-0.4, -0.2) is 54.7 Å². The Labute approximate surface area is 206 Å².